The summed E-state index contributed by atoms with van der Waals surface area (Å²) in [4.78, 5) is 14.0. The van der Waals surface area contributed by atoms with Gasteiger partial charge in [-0.25, -0.2) is 4.79 Å². The molecular formula is C16H25ClN2O2. The lowest BCUT2D eigenvalue weighted by Gasteiger charge is -2.30. The van der Waals surface area contributed by atoms with Gasteiger partial charge in [0, 0.05) is 31.3 Å². The van der Waals surface area contributed by atoms with Crippen molar-refractivity contribution in [1.29, 1.82) is 0 Å². The summed E-state index contributed by atoms with van der Waals surface area (Å²) in [7, 11) is 0. The summed E-state index contributed by atoms with van der Waals surface area (Å²) < 4.78 is 0. The standard InChI is InChI=1S/C16H25ClN2O2/c1-16(2,3)12-19(9-6-10-20)15(21)18-11-13-7-4-5-8-14(13)17/h4-5,7-8,20H,6,9-12H2,1-3H3,(H,18,21). The molecule has 0 unspecified atom stereocenters. The molecule has 0 radical (unpaired) electrons. The van der Waals surface area contributed by atoms with Crippen LogP contribution < -0.4 is 5.32 Å². The zero-order valence-corrected chi connectivity index (χ0v) is 13.8. The lowest BCUT2D eigenvalue weighted by Crippen LogP contribution is -2.44. The Hall–Kier alpha value is -1.26. The first-order valence-electron chi connectivity index (χ1n) is 7.20. The minimum Gasteiger partial charge on any atom is -0.396 e. The highest BCUT2D eigenvalue weighted by Crippen LogP contribution is 2.17. The molecule has 1 rings (SSSR count). The summed E-state index contributed by atoms with van der Waals surface area (Å²) >= 11 is 6.08. The minimum atomic E-state index is -0.127. The van der Waals surface area contributed by atoms with E-state index in [0.717, 1.165) is 5.56 Å². The molecule has 0 saturated carbocycles. The lowest BCUT2D eigenvalue weighted by molar-refractivity contribution is 0.164. The maximum Gasteiger partial charge on any atom is 0.317 e. The first kappa shape index (κ1) is 17.8. The molecule has 0 saturated heterocycles. The van der Waals surface area contributed by atoms with Crippen LogP contribution in [-0.2, 0) is 6.54 Å². The Bertz CT molecular complexity index is 458. The molecule has 4 nitrogen and oxygen atoms in total. The molecule has 2 N–H and O–H groups in total. The van der Waals surface area contributed by atoms with Crippen molar-refractivity contribution >= 4 is 17.6 Å². The Kier molecular flexibility index (Phi) is 6.99. The van der Waals surface area contributed by atoms with E-state index in [4.69, 9.17) is 16.7 Å². The van der Waals surface area contributed by atoms with Crippen LogP contribution in [0.2, 0.25) is 5.02 Å². The molecule has 0 aliphatic heterocycles. The van der Waals surface area contributed by atoms with Crippen molar-refractivity contribution in [1.82, 2.24) is 10.2 Å². The van der Waals surface area contributed by atoms with Gasteiger partial charge in [0.1, 0.15) is 0 Å². The fourth-order valence-corrected chi connectivity index (χ4v) is 2.21. The van der Waals surface area contributed by atoms with E-state index in [0.29, 0.717) is 31.1 Å². The molecule has 0 aliphatic rings. The molecule has 1 aromatic rings. The molecule has 0 fully saturated rings. The molecule has 0 aliphatic carbocycles. The fourth-order valence-electron chi connectivity index (χ4n) is 2.01. The van der Waals surface area contributed by atoms with Gasteiger partial charge in [0.25, 0.3) is 0 Å². The first-order chi connectivity index (χ1) is 9.83. The second-order valence-electron chi connectivity index (χ2n) is 6.31. The topological polar surface area (TPSA) is 52.6 Å². The number of aliphatic hydroxyl groups is 1. The van der Waals surface area contributed by atoms with Gasteiger partial charge in [0.05, 0.1) is 0 Å². The van der Waals surface area contributed by atoms with Gasteiger partial charge in [-0.1, -0.05) is 50.6 Å². The van der Waals surface area contributed by atoms with Crippen molar-refractivity contribution < 1.29 is 9.90 Å². The van der Waals surface area contributed by atoms with Crippen LogP contribution in [0, 0.1) is 5.41 Å². The Morgan fingerprint density at radius 2 is 2.00 bits per heavy atom. The van der Waals surface area contributed by atoms with Crippen LogP contribution in [0.15, 0.2) is 24.3 Å². The number of urea groups is 1. The summed E-state index contributed by atoms with van der Waals surface area (Å²) in [5, 5.41) is 12.5. The monoisotopic (exact) mass is 312 g/mol. The highest BCUT2D eigenvalue weighted by Gasteiger charge is 2.20. The van der Waals surface area contributed by atoms with E-state index in [1.807, 2.05) is 24.3 Å². The Balaban J connectivity index is 2.61. The molecule has 2 amide bonds. The van der Waals surface area contributed by atoms with Crippen molar-refractivity contribution in [2.24, 2.45) is 5.41 Å². The van der Waals surface area contributed by atoms with Crippen LogP contribution in [0.5, 0.6) is 0 Å². The van der Waals surface area contributed by atoms with E-state index in [1.165, 1.54) is 0 Å². The predicted octanol–water partition coefficient (Wildman–Crippen LogP) is 3.28. The van der Waals surface area contributed by atoms with E-state index in [2.05, 4.69) is 26.1 Å². The summed E-state index contributed by atoms with van der Waals surface area (Å²) in [5.41, 5.74) is 0.905. The number of benzene rings is 1. The average molecular weight is 313 g/mol. The number of nitrogens with zero attached hydrogens (tertiary/aromatic N) is 1. The summed E-state index contributed by atoms with van der Waals surface area (Å²) in [6.07, 6.45) is 0.579. The number of nitrogens with one attached hydrogen (secondary N) is 1. The third kappa shape index (κ3) is 6.82. The van der Waals surface area contributed by atoms with E-state index < -0.39 is 0 Å². The van der Waals surface area contributed by atoms with Crippen LogP contribution in [0.1, 0.15) is 32.8 Å². The number of carbonyl (C=O) groups excluding carboxylic acids is 1. The molecule has 0 atom stereocenters. The highest BCUT2D eigenvalue weighted by atomic mass is 35.5. The van der Waals surface area contributed by atoms with Crippen LogP contribution >= 0.6 is 11.6 Å². The zero-order valence-electron chi connectivity index (χ0n) is 13.0. The highest BCUT2D eigenvalue weighted by molar-refractivity contribution is 6.31. The molecule has 0 aromatic heterocycles. The van der Waals surface area contributed by atoms with Crippen molar-refractivity contribution in [2.75, 3.05) is 19.7 Å². The molecule has 0 spiro atoms. The zero-order chi connectivity index (χ0) is 15.9. The quantitative estimate of drug-likeness (QED) is 0.847. The number of amides is 2. The van der Waals surface area contributed by atoms with Crippen molar-refractivity contribution in [3.63, 3.8) is 0 Å². The van der Waals surface area contributed by atoms with Gasteiger partial charge in [-0.2, -0.15) is 0 Å². The van der Waals surface area contributed by atoms with E-state index >= 15 is 0 Å². The minimum absolute atomic E-state index is 0.0111. The predicted molar refractivity (Wildman–Crippen MR) is 86.4 cm³/mol. The second-order valence-corrected chi connectivity index (χ2v) is 6.72. The maximum absolute atomic E-state index is 12.3. The summed E-state index contributed by atoms with van der Waals surface area (Å²) in [5.74, 6) is 0. The normalized spacial score (nSPS) is 11.3. The van der Waals surface area contributed by atoms with Gasteiger partial charge in [0.2, 0.25) is 0 Å². The van der Waals surface area contributed by atoms with Crippen LogP contribution in [-0.4, -0.2) is 35.7 Å². The number of hydrogen-bond acceptors (Lipinski definition) is 2. The van der Waals surface area contributed by atoms with E-state index in [9.17, 15) is 4.79 Å². The summed E-state index contributed by atoms with van der Waals surface area (Å²) in [6, 6.07) is 7.33. The number of rotatable bonds is 6. The lowest BCUT2D eigenvalue weighted by atomic mass is 9.96. The van der Waals surface area contributed by atoms with Crippen LogP contribution in [0.3, 0.4) is 0 Å². The number of aliphatic hydroxyl groups excluding tert-OH is 1. The third-order valence-corrected chi connectivity index (χ3v) is 3.30. The fraction of sp³-hybridized carbons (Fsp3) is 0.562. The van der Waals surface area contributed by atoms with Crippen LogP contribution in [0.25, 0.3) is 0 Å². The summed E-state index contributed by atoms with van der Waals surface area (Å²) in [6.45, 7) is 7.92. The number of hydrogen-bond donors (Lipinski definition) is 2. The number of carbonyl (C=O) groups is 1. The van der Waals surface area contributed by atoms with Gasteiger partial charge in [-0.05, 0) is 23.5 Å². The van der Waals surface area contributed by atoms with Crippen LogP contribution in [0.4, 0.5) is 4.79 Å². The van der Waals surface area contributed by atoms with Gasteiger partial charge in [0.15, 0.2) is 0 Å². The Morgan fingerprint density at radius 1 is 1.33 bits per heavy atom. The average Bonchev–Trinajstić information content (AvgIpc) is 2.41. The number of halogens is 1. The molecule has 0 heterocycles. The Morgan fingerprint density at radius 3 is 2.57 bits per heavy atom. The van der Waals surface area contributed by atoms with Gasteiger partial charge in [-0.3, -0.25) is 0 Å². The molecule has 1 aromatic carbocycles. The SMILES string of the molecule is CC(C)(C)CN(CCCO)C(=O)NCc1ccccc1Cl. The van der Waals surface area contributed by atoms with Crippen molar-refractivity contribution in [2.45, 2.75) is 33.7 Å². The first-order valence-corrected chi connectivity index (χ1v) is 7.58. The molecular weight excluding hydrogens is 288 g/mol. The van der Waals surface area contributed by atoms with Gasteiger partial charge < -0.3 is 15.3 Å². The molecule has 5 heteroatoms. The molecule has 0 bridgehead atoms. The van der Waals surface area contributed by atoms with E-state index in [-0.39, 0.29) is 18.1 Å². The smallest absolute Gasteiger partial charge is 0.317 e. The molecule has 118 valence electrons. The maximum atomic E-state index is 12.3. The Labute approximate surface area is 132 Å². The molecule has 21 heavy (non-hydrogen) atoms. The van der Waals surface area contributed by atoms with Gasteiger partial charge in [-0.15, -0.1) is 0 Å². The van der Waals surface area contributed by atoms with Gasteiger partial charge >= 0.3 is 6.03 Å². The van der Waals surface area contributed by atoms with Crippen molar-refractivity contribution in [3.05, 3.63) is 34.9 Å². The van der Waals surface area contributed by atoms with E-state index in [1.54, 1.807) is 4.90 Å². The largest absolute Gasteiger partial charge is 0.396 e. The second kappa shape index (κ2) is 8.25. The third-order valence-electron chi connectivity index (χ3n) is 2.93. The van der Waals surface area contributed by atoms with Crippen molar-refractivity contribution in [3.8, 4) is 0 Å².